The summed E-state index contributed by atoms with van der Waals surface area (Å²) in [6, 6.07) is 14.6. The highest BCUT2D eigenvalue weighted by Crippen LogP contribution is 2.41. The molecule has 31 heavy (non-hydrogen) atoms. The van der Waals surface area contributed by atoms with E-state index >= 15 is 0 Å². The Morgan fingerprint density at radius 3 is 2.58 bits per heavy atom. The number of hydrogen-bond donors (Lipinski definition) is 0. The predicted octanol–water partition coefficient (Wildman–Crippen LogP) is 5.55. The Morgan fingerprint density at radius 1 is 0.968 bits per heavy atom. The molecule has 0 saturated heterocycles. The van der Waals surface area contributed by atoms with Crippen LogP contribution in [0.25, 0.3) is 48.6 Å². The molecule has 6 rings (SSSR count). The van der Waals surface area contributed by atoms with Gasteiger partial charge in [0.2, 0.25) is 0 Å². The summed E-state index contributed by atoms with van der Waals surface area (Å²) in [6.07, 6.45) is 2.29. The number of benzene rings is 1. The minimum atomic E-state index is -2.67. The van der Waals surface area contributed by atoms with E-state index in [1.807, 2.05) is 42.5 Å². The molecule has 0 unspecified atom stereocenters. The average Bonchev–Trinajstić information content (AvgIpc) is 3.41. The summed E-state index contributed by atoms with van der Waals surface area (Å²) in [4.78, 5) is 18.1. The molecular weight excluding hydrogens is 418 g/mol. The first-order valence-electron chi connectivity index (χ1n) is 9.41. The normalized spacial score (nSPS) is 11.8. The SMILES string of the molecule is FC(F)c1cc(-c2ccccc2)c2c(n1)sc1c2ncn2nc(-c3cccnc3)nc12. The molecule has 0 atom stereocenters. The van der Waals surface area contributed by atoms with Crippen LogP contribution in [-0.4, -0.2) is 29.5 Å². The molecule has 0 bridgehead atoms. The minimum absolute atomic E-state index is 0.258. The maximum absolute atomic E-state index is 13.6. The van der Waals surface area contributed by atoms with Crippen LogP contribution < -0.4 is 0 Å². The molecule has 6 aromatic rings. The second-order valence-electron chi connectivity index (χ2n) is 6.91. The number of halogens is 2. The second-order valence-corrected chi connectivity index (χ2v) is 7.91. The van der Waals surface area contributed by atoms with Gasteiger partial charge in [0.25, 0.3) is 6.43 Å². The maximum atomic E-state index is 13.6. The molecule has 0 aliphatic heterocycles. The van der Waals surface area contributed by atoms with Crippen LogP contribution in [0, 0.1) is 0 Å². The Morgan fingerprint density at radius 2 is 1.81 bits per heavy atom. The number of alkyl halides is 2. The van der Waals surface area contributed by atoms with E-state index in [2.05, 4.69) is 25.0 Å². The van der Waals surface area contributed by atoms with Gasteiger partial charge in [0.05, 0.1) is 5.52 Å². The van der Waals surface area contributed by atoms with Crippen LogP contribution in [0.4, 0.5) is 8.78 Å². The Kier molecular flexibility index (Phi) is 3.97. The molecule has 0 spiro atoms. The van der Waals surface area contributed by atoms with E-state index in [-0.39, 0.29) is 5.69 Å². The highest BCUT2D eigenvalue weighted by Gasteiger charge is 2.21. The van der Waals surface area contributed by atoms with Gasteiger partial charge >= 0.3 is 0 Å². The van der Waals surface area contributed by atoms with Crippen LogP contribution in [0.2, 0.25) is 0 Å². The molecule has 0 fully saturated rings. The van der Waals surface area contributed by atoms with E-state index in [1.54, 1.807) is 23.2 Å². The monoisotopic (exact) mass is 430 g/mol. The van der Waals surface area contributed by atoms with Crippen molar-refractivity contribution in [1.82, 2.24) is 29.5 Å². The lowest BCUT2D eigenvalue weighted by Gasteiger charge is -2.07. The zero-order valence-electron chi connectivity index (χ0n) is 15.8. The van der Waals surface area contributed by atoms with Gasteiger partial charge in [-0.2, -0.15) is 0 Å². The Hall–Kier alpha value is -3.85. The summed E-state index contributed by atoms with van der Waals surface area (Å²) in [7, 11) is 0. The summed E-state index contributed by atoms with van der Waals surface area (Å²) in [5.41, 5.74) is 3.30. The lowest BCUT2D eigenvalue weighted by Crippen LogP contribution is -1.93. The average molecular weight is 430 g/mol. The quantitative estimate of drug-likeness (QED) is 0.368. The van der Waals surface area contributed by atoms with Crippen LogP contribution in [0.5, 0.6) is 0 Å². The Bertz CT molecular complexity index is 1560. The zero-order chi connectivity index (χ0) is 20.9. The van der Waals surface area contributed by atoms with Gasteiger partial charge in [-0.3, -0.25) is 4.98 Å². The van der Waals surface area contributed by atoms with Gasteiger partial charge < -0.3 is 0 Å². The van der Waals surface area contributed by atoms with E-state index in [4.69, 9.17) is 0 Å². The molecule has 0 aliphatic rings. The van der Waals surface area contributed by atoms with Crippen LogP contribution in [0.1, 0.15) is 12.1 Å². The van der Waals surface area contributed by atoms with Crippen molar-refractivity contribution >= 4 is 37.4 Å². The molecule has 9 heteroatoms. The number of nitrogens with zero attached hydrogens (tertiary/aromatic N) is 6. The van der Waals surface area contributed by atoms with Crippen molar-refractivity contribution < 1.29 is 8.78 Å². The first-order valence-corrected chi connectivity index (χ1v) is 10.2. The lowest BCUT2D eigenvalue weighted by molar-refractivity contribution is 0.146. The van der Waals surface area contributed by atoms with Gasteiger partial charge in [-0.15, -0.1) is 16.4 Å². The lowest BCUT2D eigenvalue weighted by atomic mass is 10.0. The van der Waals surface area contributed by atoms with Gasteiger partial charge in [-0.05, 0) is 29.3 Å². The van der Waals surface area contributed by atoms with E-state index in [0.717, 1.165) is 21.2 Å². The first-order chi connectivity index (χ1) is 15.2. The number of fused-ring (bicyclic) bond motifs is 5. The van der Waals surface area contributed by atoms with E-state index in [9.17, 15) is 8.78 Å². The van der Waals surface area contributed by atoms with Crippen molar-refractivity contribution in [3.8, 4) is 22.5 Å². The third-order valence-corrected chi connectivity index (χ3v) is 6.08. The summed E-state index contributed by atoms with van der Waals surface area (Å²) < 4.78 is 29.5. The van der Waals surface area contributed by atoms with Gasteiger partial charge in [0.1, 0.15) is 21.6 Å². The maximum Gasteiger partial charge on any atom is 0.280 e. The smallest absolute Gasteiger partial charge is 0.264 e. The van der Waals surface area contributed by atoms with Crippen LogP contribution in [-0.2, 0) is 0 Å². The fourth-order valence-corrected chi connectivity index (χ4v) is 4.76. The minimum Gasteiger partial charge on any atom is -0.264 e. The summed E-state index contributed by atoms with van der Waals surface area (Å²) in [5.74, 6) is 0.518. The fraction of sp³-hybridized carbons (Fsp3) is 0.0455. The Labute approximate surface area is 177 Å². The van der Waals surface area contributed by atoms with E-state index in [1.165, 1.54) is 17.4 Å². The largest absolute Gasteiger partial charge is 0.280 e. The molecule has 1 aromatic carbocycles. The van der Waals surface area contributed by atoms with Crippen LogP contribution in [0.3, 0.4) is 0 Å². The van der Waals surface area contributed by atoms with Crippen molar-refractivity contribution in [1.29, 1.82) is 0 Å². The summed E-state index contributed by atoms with van der Waals surface area (Å²) in [6.45, 7) is 0. The number of hydrogen-bond acceptors (Lipinski definition) is 6. The predicted molar refractivity (Wildman–Crippen MR) is 115 cm³/mol. The highest BCUT2D eigenvalue weighted by atomic mass is 32.1. The third kappa shape index (κ3) is 2.85. The fourth-order valence-electron chi connectivity index (χ4n) is 3.62. The molecular formula is C22H12F2N6S. The zero-order valence-corrected chi connectivity index (χ0v) is 16.6. The molecule has 0 amide bonds. The van der Waals surface area contributed by atoms with Crippen LogP contribution >= 0.6 is 11.3 Å². The molecule has 0 saturated carbocycles. The van der Waals surface area contributed by atoms with Crippen molar-refractivity contribution in [3.63, 3.8) is 0 Å². The number of aromatic nitrogens is 6. The van der Waals surface area contributed by atoms with Gasteiger partial charge in [-0.25, -0.2) is 28.2 Å². The standard InChI is InChI=1S/C22H12F2N6S/c23-19(24)15-9-14(12-5-2-1-3-6-12)16-17-18(31-22(16)27-15)21-28-20(29-30(21)11-26-17)13-7-4-8-25-10-13/h1-11,19H. The highest BCUT2D eigenvalue weighted by molar-refractivity contribution is 7.26. The molecule has 0 aliphatic carbocycles. The topological polar surface area (TPSA) is 68.9 Å². The van der Waals surface area contributed by atoms with E-state index < -0.39 is 6.43 Å². The van der Waals surface area contributed by atoms with Gasteiger partial charge in [0, 0.05) is 23.3 Å². The van der Waals surface area contributed by atoms with E-state index in [0.29, 0.717) is 27.4 Å². The second kappa shape index (κ2) is 6.85. The van der Waals surface area contributed by atoms with Crippen molar-refractivity contribution in [3.05, 3.63) is 72.9 Å². The van der Waals surface area contributed by atoms with Gasteiger partial charge in [0.15, 0.2) is 11.5 Å². The molecule has 150 valence electrons. The van der Waals surface area contributed by atoms with Gasteiger partial charge in [-0.1, -0.05) is 30.3 Å². The molecule has 0 radical (unpaired) electrons. The number of rotatable bonds is 3. The molecule has 0 N–H and O–H groups in total. The molecule has 5 heterocycles. The van der Waals surface area contributed by atoms with Crippen molar-refractivity contribution in [2.45, 2.75) is 6.43 Å². The Balaban J connectivity index is 1.68. The van der Waals surface area contributed by atoms with Crippen molar-refractivity contribution in [2.75, 3.05) is 0 Å². The number of thiophene rings is 1. The molecule has 6 nitrogen and oxygen atoms in total. The van der Waals surface area contributed by atoms with Crippen molar-refractivity contribution in [2.24, 2.45) is 0 Å². The number of pyridine rings is 2. The third-order valence-electron chi connectivity index (χ3n) is 5.02. The first kappa shape index (κ1) is 18.0. The van der Waals surface area contributed by atoms with Crippen LogP contribution in [0.15, 0.2) is 67.3 Å². The summed E-state index contributed by atoms with van der Waals surface area (Å²) in [5, 5.41) is 5.24. The summed E-state index contributed by atoms with van der Waals surface area (Å²) >= 11 is 1.29. The molecule has 5 aromatic heterocycles.